The van der Waals surface area contributed by atoms with E-state index in [-0.39, 0.29) is 6.04 Å². The van der Waals surface area contributed by atoms with Crippen molar-refractivity contribution < 1.29 is 4.42 Å². The lowest BCUT2D eigenvalue weighted by atomic mass is 10.2. The van der Waals surface area contributed by atoms with Crippen LogP contribution in [0, 0.1) is 6.92 Å². The third-order valence-corrected chi connectivity index (χ3v) is 5.46. The minimum absolute atomic E-state index is 0.0454. The topological polar surface area (TPSA) is 25.2 Å². The van der Waals surface area contributed by atoms with E-state index in [2.05, 4.69) is 29.8 Å². The van der Waals surface area contributed by atoms with Crippen molar-refractivity contribution in [3.8, 4) is 0 Å². The fraction of sp³-hybridized carbons (Fsp3) is 0.200. The van der Waals surface area contributed by atoms with Crippen molar-refractivity contribution in [2.75, 3.05) is 0 Å². The summed E-state index contributed by atoms with van der Waals surface area (Å²) in [5.74, 6) is 0.915. The summed E-state index contributed by atoms with van der Waals surface area (Å²) in [7, 11) is 0. The molecule has 2 nitrogen and oxygen atoms in total. The molecule has 20 heavy (non-hydrogen) atoms. The van der Waals surface area contributed by atoms with Gasteiger partial charge in [0.1, 0.15) is 11.8 Å². The van der Waals surface area contributed by atoms with Crippen LogP contribution in [0.5, 0.6) is 0 Å². The number of thiophene rings is 2. The highest BCUT2D eigenvalue weighted by atomic mass is 35.5. The van der Waals surface area contributed by atoms with Gasteiger partial charge in [-0.05, 0) is 48.2 Å². The largest absolute Gasteiger partial charge is 0.467 e. The number of rotatable bonds is 5. The highest BCUT2D eigenvalue weighted by molar-refractivity contribution is 7.16. The van der Waals surface area contributed by atoms with Crippen LogP contribution < -0.4 is 5.32 Å². The van der Waals surface area contributed by atoms with Gasteiger partial charge in [-0.1, -0.05) is 11.6 Å². The molecular formula is C15H14ClNOS2. The second-order valence-corrected chi connectivity index (χ2v) is 7.25. The van der Waals surface area contributed by atoms with Crippen molar-refractivity contribution in [1.82, 2.24) is 5.32 Å². The van der Waals surface area contributed by atoms with E-state index in [1.54, 1.807) is 28.9 Å². The quantitative estimate of drug-likeness (QED) is 0.694. The lowest BCUT2D eigenvalue weighted by molar-refractivity contribution is 0.450. The minimum atomic E-state index is 0.0454. The number of hydrogen-bond acceptors (Lipinski definition) is 4. The molecule has 3 rings (SSSR count). The summed E-state index contributed by atoms with van der Waals surface area (Å²) in [6.07, 6.45) is 1.70. The van der Waals surface area contributed by atoms with Crippen LogP contribution in [0.3, 0.4) is 0 Å². The van der Waals surface area contributed by atoms with Crippen molar-refractivity contribution in [2.24, 2.45) is 0 Å². The van der Waals surface area contributed by atoms with Crippen LogP contribution in [0.4, 0.5) is 0 Å². The monoisotopic (exact) mass is 323 g/mol. The first-order valence-electron chi connectivity index (χ1n) is 6.29. The van der Waals surface area contributed by atoms with Crippen LogP contribution in [0.25, 0.3) is 0 Å². The molecule has 0 aliphatic heterocycles. The molecule has 3 aromatic rings. The molecule has 0 spiro atoms. The van der Waals surface area contributed by atoms with Gasteiger partial charge in [0.25, 0.3) is 0 Å². The molecule has 0 radical (unpaired) electrons. The lowest BCUT2D eigenvalue weighted by Gasteiger charge is -2.15. The maximum Gasteiger partial charge on any atom is 0.126 e. The molecule has 0 aromatic carbocycles. The van der Waals surface area contributed by atoms with Crippen molar-refractivity contribution >= 4 is 34.3 Å². The molecule has 104 valence electrons. The van der Waals surface area contributed by atoms with Gasteiger partial charge in [-0.25, -0.2) is 0 Å². The summed E-state index contributed by atoms with van der Waals surface area (Å²) < 4.78 is 6.36. The van der Waals surface area contributed by atoms with Crippen molar-refractivity contribution in [1.29, 1.82) is 0 Å². The predicted molar refractivity (Wildman–Crippen MR) is 85.8 cm³/mol. The Morgan fingerprint density at radius 2 is 2.20 bits per heavy atom. The van der Waals surface area contributed by atoms with Crippen LogP contribution in [0.15, 0.2) is 46.4 Å². The zero-order chi connectivity index (χ0) is 13.9. The van der Waals surface area contributed by atoms with Gasteiger partial charge in [0, 0.05) is 16.3 Å². The van der Waals surface area contributed by atoms with Gasteiger partial charge in [-0.15, -0.1) is 22.7 Å². The van der Waals surface area contributed by atoms with E-state index in [1.165, 1.54) is 15.3 Å². The van der Waals surface area contributed by atoms with E-state index >= 15 is 0 Å². The summed E-state index contributed by atoms with van der Waals surface area (Å²) >= 11 is 9.41. The fourth-order valence-electron chi connectivity index (χ4n) is 2.06. The molecule has 1 N–H and O–H groups in total. The second-order valence-electron chi connectivity index (χ2n) is 4.50. The molecule has 0 aliphatic carbocycles. The molecule has 0 amide bonds. The van der Waals surface area contributed by atoms with E-state index in [4.69, 9.17) is 16.0 Å². The molecule has 0 saturated carbocycles. The molecule has 3 heterocycles. The maximum atomic E-state index is 6.05. The summed E-state index contributed by atoms with van der Waals surface area (Å²) in [4.78, 5) is 2.52. The number of hydrogen-bond donors (Lipinski definition) is 1. The molecule has 1 atom stereocenters. The van der Waals surface area contributed by atoms with Gasteiger partial charge < -0.3 is 4.42 Å². The maximum absolute atomic E-state index is 6.05. The Bertz CT molecular complexity index is 672. The Labute approximate surface area is 131 Å². The molecule has 0 fully saturated rings. The number of furan rings is 1. The first-order valence-corrected chi connectivity index (χ1v) is 8.36. The summed E-state index contributed by atoms with van der Waals surface area (Å²) in [5.41, 5.74) is 1.32. The van der Waals surface area contributed by atoms with Gasteiger partial charge in [-0.2, -0.15) is 0 Å². The highest BCUT2D eigenvalue weighted by Crippen LogP contribution is 2.31. The van der Waals surface area contributed by atoms with E-state index in [1.807, 2.05) is 18.2 Å². The highest BCUT2D eigenvalue weighted by Gasteiger charge is 2.18. The first kappa shape index (κ1) is 13.9. The first-order chi connectivity index (χ1) is 9.74. The zero-order valence-corrected chi connectivity index (χ0v) is 13.3. The standard InChI is InChI=1S/C15H14ClNOS2/c1-10-6-8-19-13(10)9-17-15(11-3-2-7-18-11)12-4-5-14(16)20-12/h2-8,15,17H,9H2,1H3. The molecule has 1 unspecified atom stereocenters. The Hall–Kier alpha value is -1.07. The number of aryl methyl sites for hydroxylation is 1. The van der Waals surface area contributed by atoms with Crippen LogP contribution in [-0.2, 0) is 6.54 Å². The Balaban J connectivity index is 1.81. The molecule has 5 heteroatoms. The Kier molecular flexibility index (Phi) is 4.27. The Morgan fingerprint density at radius 3 is 2.80 bits per heavy atom. The number of halogens is 1. The molecule has 3 aromatic heterocycles. The third-order valence-electron chi connectivity index (χ3n) is 3.14. The summed E-state index contributed by atoms with van der Waals surface area (Å²) in [6, 6.07) is 10.1. The van der Waals surface area contributed by atoms with Crippen LogP contribution in [0.2, 0.25) is 4.34 Å². The zero-order valence-electron chi connectivity index (χ0n) is 10.9. The van der Waals surface area contributed by atoms with Gasteiger partial charge in [-0.3, -0.25) is 5.32 Å². The molecule has 0 aliphatic rings. The normalized spacial score (nSPS) is 12.7. The minimum Gasteiger partial charge on any atom is -0.467 e. The van der Waals surface area contributed by atoms with Crippen LogP contribution >= 0.6 is 34.3 Å². The van der Waals surface area contributed by atoms with Gasteiger partial charge in [0.05, 0.1) is 10.6 Å². The van der Waals surface area contributed by atoms with Gasteiger partial charge in [0.2, 0.25) is 0 Å². The Morgan fingerprint density at radius 1 is 1.30 bits per heavy atom. The summed E-state index contributed by atoms with van der Waals surface area (Å²) in [6.45, 7) is 2.96. The molecular weight excluding hydrogens is 310 g/mol. The van der Waals surface area contributed by atoms with Crippen LogP contribution in [0.1, 0.15) is 27.1 Å². The van der Waals surface area contributed by atoms with Crippen molar-refractivity contribution in [3.63, 3.8) is 0 Å². The van der Waals surface area contributed by atoms with E-state index in [0.29, 0.717) is 0 Å². The van der Waals surface area contributed by atoms with Crippen molar-refractivity contribution in [2.45, 2.75) is 19.5 Å². The average molecular weight is 324 g/mol. The predicted octanol–water partition coefficient (Wildman–Crippen LogP) is 5.24. The average Bonchev–Trinajstić information content (AvgIpc) is 3.14. The van der Waals surface area contributed by atoms with E-state index < -0.39 is 0 Å². The van der Waals surface area contributed by atoms with Gasteiger partial charge in [0.15, 0.2) is 0 Å². The molecule has 0 bridgehead atoms. The number of nitrogens with one attached hydrogen (secondary N) is 1. The third kappa shape index (κ3) is 2.99. The SMILES string of the molecule is Cc1ccsc1CNC(c1ccco1)c1ccc(Cl)s1. The fourth-order valence-corrected chi connectivity index (χ4v) is 4.06. The lowest BCUT2D eigenvalue weighted by Crippen LogP contribution is -2.20. The second kappa shape index (κ2) is 6.14. The van der Waals surface area contributed by atoms with Crippen molar-refractivity contribution in [3.05, 3.63) is 67.4 Å². The van der Waals surface area contributed by atoms with E-state index in [9.17, 15) is 0 Å². The smallest absolute Gasteiger partial charge is 0.126 e. The summed E-state index contributed by atoms with van der Waals surface area (Å²) in [5, 5.41) is 5.68. The molecule has 0 saturated heterocycles. The van der Waals surface area contributed by atoms with Crippen LogP contribution in [-0.4, -0.2) is 0 Å². The van der Waals surface area contributed by atoms with E-state index in [0.717, 1.165) is 16.6 Å². The van der Waals surface area contributed by atoms with Gasteiger partial charge >= 0.3 is 0 Å².